The molecule has 1 aliphatic heterocycles. The van der Waals surface area contributed by atoms with Crippen molar-refractivity contribution >= 4 is 17.2 Å². The quantitative estimate of drug-likeness (QED) is 0.862. The van der Waals surface area contributed by atoms with E-state index in [1.165, 1.54) is 0 Å². The predicted octanol–water partition coefficient (Wildman–Crippen LogP) is 2.35. The molecule has 0 saturated carbocycles. The van der Waals surface area contributed by atoms with Crippen molar-refractivity contribution < 1.29 is 4.79 Å². The standard InChI is InChI=1S/C14H17N3OS/c18-14(9-13-4-2-8-19-13)16-6-1-3-12(10-16)17-7-5-15-11-17/h2,4-5,7-8,11-12H,1,3,6,9-10H2/t12-/m0/s1. The minimum atomic E-state index is 0.243. The number of amides is 1. The van der Waals surface area contributed by atoms with E-state index in [1.807, 2.05) is 34.9 Å². The zero-order chi connectivity index (χ0) is 13.1. The number of likely N-dealkylation sites (tertiary alicyclic amines) is 1. The van der Waals surface area contributed by atoms with Crippen molar-refractivity contribution in [1.29, 1.82) is 0 Å². The van der Waals surface area contributed by atoms with Crippen molar-refractivity contribution in [3.63, 3.8) is 0 Å². The normalized spacial score (nSPS) is 19.6. The van der Waals surface area contributed by atoms with Gasteiger partial charge < -0.3 is 9.47 Å². The molecule has 1 fully saturated rings. The van der Waals surface area contributed by atoms with E-state index in [-0.39, 0.29) is 5.91 Å². The highest BCUT2D eigenvalue weighted by Crippen LogP contribution is 2.22. The van der Waals surface area contributed by atoms with Crippen molar-refractivity contribution in [2.75, 3.05) is 13.1 Å². The Labute approximate surface area is 116 Å². The van der Waals surface area contributed by atoms with Gasteiger partial charge in [0, 0.05) is 30.4 Å². The van der Waals surface area contributed by atoms with Gasteiger partial charge in [-0.25, -0.2) is 4.98 Å². The largest absolute Gasteiger partial charge is 0.340 e. The zero-order valence-electron chi connectivity index (χ0n) is 10.7. The summed E-state index contributed by atoms with van der Waals surface area (Å²) >= 11 is 1.65. The maximum Gasteiger partial charge on any atom is 0.227 e. The first-order chi connectivity index (χ1) is 9.33. The molecule has 3 rings (SSSR count). The molecular weight excluding hydrogens is 258 g/mol. The van der Waals surface area contributed by atoms with Crippen LogP contribution in [-0.2, 0) is 11.2 Å². The van der Waals surface area contributed by atoms with Crippen LogP contribution in [0.1, 0.15) is 23.8 Å². The van der Waals surface area contributed by atoms with Gasteiger partial charge in [0.1, 0.15) is 0 Å². The van der Waals surface area contributed by atoms with Crippen molar-refractivity contribution in [1.82, 2.24) is 14.5 Å². The molecule has 5 heteroatoms. The van der Waals surface area contributed by atoms with Crippen molar-refractivity contribution in [3.05, 3.63) is 41.1 Å². The number of imidazole rings is 1. The van der Waals surface area contributed by atoms with E-state index in [0.717, 1.165) is 30.8 Å². The fraction of sp³-hybridized carbons (Fsp3) is 0.429. The number of rotatable bonds is 3. The van der Waals surface area contributed by atoms with Crippen LogP contribution in [0.3, 0.4) is 0 Å². The van der Waals surface area contributed by atoms with Gasteiger partial charge in [0.2, 0.25) is 5.91 Å². The third-order valence-electron chi connectivity index (χ3n) is 3.60. The van der Waals surface area contributed by atoms with Crippen LogP contribution in [-0.4, -0.2) is 33.4 Å². The molecule has 0 spiro atoms. The van der Waals surface area contributed by atoms with Gasteiger partial charge in [-0.05, 0) is 24.3 Å². The lowest BCUT2D eigenvalue weighted by atomic mass is 10.1. The monoisotopic (exact) mass is 275 g/mol. The smallest absolute Gasteiger partial charge is 0.227 e. The molecule has 4 nitrogen and oxygen atoms in total. The first-order valence-corrected chi connectivity index (χ1v) is 7.48. The van der Waals surface area contributed by atoms with Crippen LogP contribution in [0.2, 0.25) is 0 Å². The van der Waals surface area contributed by atoms with Crippen molar-refractivity contribution in [2.24, 2.45) is 0 Å². The van der Waals surface area contributed by atoms with Gasteiger partial charge in [0.05, 0.1) is 18.8 Å². The average molecular weight is 275 g/mol. The number of hydrogen-bond donors (Lipinski definition) is 0. The molecule has 2 aromatic rings. The molecule has 1 amide bonds. The Bertz CT molecular complexity index is 521. The third kappa shape index (κ3) is 2.87. The van der Waals surface area contributed by atoms with Crippen LogP contribution in [0, 0.1) is 0 Å². The molecule has 1 saturated heterocycles. The molecule has 19 heavy (non-hydrogen) atoms. The second-order valence-corrected chi connectivity index (χ2v) is 5.93. The van der Waals surface area contributed by atoms with E-state index >= 15 is 0 Å². The van der Waals surface area contributed by atoms with E-state index in [9.17, 15) is 4.79 Å². The highest BCUT2D eigenvalue weighted by molar-refractivity contribution is 7.10. The molecule has 100 valence electrons. The molecule has 0 unspecified atom stereocenters. The predicted molar refractivity (Wildman–Crippen MR) is 75.1 cm³/mol. The van der Waals surface area contributed by atoms with Crippen LogP contribution in [0.4, 0.5) is 0 Å². The first kappa shape index (κ1) is 12.4. The summed E-state index contributed by atoms with van der Waals surface area (Å²) in [7, 11) is 0. The Hall–Kier alpha value is -1.62. The highest BCUT2D eigenvalue weighted by atomic mass is 32.1. The molecule has 0 aromatic carbocycles. The Morgan fingerprint density at radius 3 is 3.21 bits per heavy atom. The maximum atomic E-state index is 12.3. The SMILES string of the molecule is O=C(Cc1cccs1)N1CCC[C@H](n2ccnc2)C1. The second kappa shape index (κ2) is 5.57. The molecule has 0 aliphatic carbocycles. The summed E-state index contributed by atoms with van der Waals surface area (Å²) in [4.78, 5) is 19.5. The highest BCUT2D eigenvalue weighted by Gasteiger charge is 2.24. The van der Waals surface area contributed by atoms with Gasteiger partial charge in [0.15, 0.2) is 0 Å². The summed E-state index contributed by atoms with van der Waals surface area (Å²) in [6, 6.07) is 4.40. The lowest BCUT2D eigenvalue weighted by Crippen LogP contribution is -2.41. The number of carbonyl (C=O) groups excluding carboxylic acids is 1. The first-order valence-electron chi connectivity index (χ1n) is 6.60. The molecule has 0 radical (unpaired) electrons. The fourth-order valence-corrected chi connectivity index (χ4v) is 3.28. The van der Waals surface area contributed by atoms with Crippen LogP contribution in [0.5, 0.6) is 0 Å². The molecular formula is C14H17N3OS. The summed E-state index contributed by atoms with van der Waals surface area (Å²) in [5.41, 5.74) is 0. The van der Waals surface area contributed by atoms with Crippen molar-refractivity contribution in [3.8, 4) is 0 Å². The van der Waals surface area contributed by atoms with E-state index < -0.39 is 0 Å². The molecule has 1 aliphatic rings. The minimum Gasteiger partial charge on any atom is -0.340 e. The van der Waals surface area contributed by atoms with E-state index in [2.05, 4.69) is 9.55 Å². The number of piperidine rings is 1. The van der Waals surface area contributed by atoms with Crippen LogP contribution >= 0.6 is 11.3 Å². The maximum absolute atomic E-state index is 12.3. The minimum absolute atomic E-state index is 0.243. The molecule has 3 heterocycles. The number of aromatic nitrogens is 2. The van der Waals surface area contributed by atoms with Crippen LogP contribution in [0.15, 0.2) is 36.2 Å². The number of hydrogen-bond acceptors (Lipinski definition) is 3. The van der Waals surface area contributed by atoms with Crippen LogP contribution < -0.4 is 0 Å². The molecule has 2 aromatic heterocycles. The molecule has 0 bridgehead atoms. The van der Waals surface area contributed by atoms with Crippen molar-refractivity contribution in [2.45, 2.75) is 25.3 Å². The molecule has 1 atom stereocenters. The Balaban J connectivity index is 1.63. The van der Waals surface area contributed by atoms with Gasteiger partial charge >= 0.3 is 0 Å². The summed E-state index contributed by atoms with van der Waals surface area (Å²) in [5.74, 6) is 0.243. The summed E-state index contributed by atoms with van der Waals surface area (Å²) < 4.78 is 2.12. The summed E-state index contributed by atoms with van der Waals surface area (Å²) in [5, 5.41) is 2.02. The van der Waals surface area contributed by atoms with Crippen LogP contribution in [0.25, 0.3) is 0 Å². The van der Waals surface area contributed by atoms with Gasteiger partial charge in [-0.3, -0.25) is 4.79 Å². The summed E-state index contributed by atoms with van der Waals surface area (Å²) in [6.07, 6.45) is 8.36. The van der Waals surface area contributed by atoms with Gasteiger partial charge in [-0.15, -0.1) is 11.3 Å². The van der Waals surface area contributed by atoms with E-state index in [4.69, 9.17) is 0 Å². The number of thiophene rings is 1. The third-order valence-corrected chi connectivity index (χ3v) is 4.48. The Morgan fingerprint density at radius 2 is 2.47 bits per heavy atom. The van der Waals surface area contributed by atoms with E-state index in [1.54, 1.807) is 17.5 Å². The number of nitrogens with zero attached hydrogens (tertiary/aromatic N) is 3. The topological polar surface area (TPSA) is 38.1 Å². The fourth-order valence-electron chi connectivity index (χ4n) is 2.58. The second-order valence-electron chi connectivity index (χ2n) is 4.90. The van der Waals surface area contributed by atoms with E-state index in [0.29, 0.717) is 12.5 Å². The van der Waals surface area contributed by atoms with Gasteiger partial charge in [-0.1, -0.05) is 6.07 Å². The Morgan fingerprint density at radius 1 is 1.53 bits per heavy atom. The lowest BCUT2D eigenvalue weighted by molar-refractivity contribution is -0.132. The van der Waals surface area contributed by atoms with Gasteiger partial charge in [-0.2, -0.15) is 0 Å². The lowest BCUT2D eigenvalue weighted by Gasteiger charge is -2.33. The number of carbonyl (C=O) groups is 1. The molecule has 0 N–H and O–H groups in total. The average Bonchev–Trinajstić information content (AvgIpc) is 3.12. The van der Waals surface area contributed by atoms with Gasteiger partial charge in [0.25, 0.3) is 0 Å². The summed E-state index contributed by atoms with van der Waals surface area (Å²) in [6.45, 7) is 1.69. The Kier molecular flexibility index (Phi) is 3.64. The zero-order valence-corrected chi connectivity index (χ0v) is 11.6.